The van der Waals surface area contributed by atoms with E-state index in [1.165, 1.54) is 17.1 Å². The van der Waals surface area contributed by atoms with Crippen LogP contribution < -0.4 is 14.4 Å². The molecular weight excluding hydrogens is 322 g/mol. The van der Waals surface area contributed by atoms with Crippen molar-refractivity contribution in [2.75, 3.05) is 24.7 Å². The molecule has 0 amide bonds. The minimum absolute atomic E-state index is 0.0210. The molecule has 1 aromatic carbocycles. The molecule has 0 spiro atoms. The van der Waals surface area contributed by atoms with Crippen molar-refractivity contribution < 1.29 is 9.47 Å². The van der Waals surface area contributed by atoms with Gasteiger partial charge in [-0.3, -0.25) is 0 Å². The Hall–Kier alpha value is -1.82. The Bertz CT molecular complexity index is 738. The summed E-state index contributed by atoms with van der Waals surface area (Å²) in [6.07, 6.45) is 2.25. The number of aromatic nitrogens is 2. The fraction of sp³-hybridized carbons (Fsp3) is 0.556. The second-order valence-corrected chi connectivity index (χ2v) is 8.10. The third-order valence-corrected chi connectivity index (χ3v) is 5.29. The van der Waals surface area contributed by atoms with Gasteiger partial charge in [0.15, 0.2) is 11.5 Å². The molecule has 0 bridgehead atoms. The molecular formula is C18H23N3O2S. The highest BCUT2D eigenvalue weighted by atomic mass is 32.1. The van der Waals surface area contributed by atoms with E-state index in [9.17, 15) is 0 Å². The summed E-state index contributed by atoms with van der Waals surface area (Å²) in [4.78, 5) is 7.19. The number of hydrogen-bond acceptors (Lipinski definition) is 6. The summed E-state index contributed by atoms with van der Waals surface area (Å²) in [5.41, 5.74) is 1.18. The second kappa shape index (κ2) is 5.92. The van der Waals surface area contributed by atoms with Gasteiger partial charge >= 0.3 is 0 Å². The summed E-state index contributed by atoms with van der Waals surface area (Å²) in [6.45, 7) is 8.70. The van der Waals surface area contributed by atoms with Crippen LogP contribution in [0.2, 0.25) is 0 Å². The monoisotopic (exact) mass is 345 g/mol. The summed E-state index contributed by atoms with van der Waals surface area (Å²) in [5.74, 6) is 2.68. The lowest BCUT2D eigenvalue weighted by atomic mass is 9.96. The van der Waals surface area contributed by atoms with Crippen LogP contribution in [0.25, 0.3) is 0 Å². The van der Waals surface area contributed by atoms with Crippen LogP contribution in [0.15, 0.2) is 18.2 Å². The molecule has 0 saturated carbocycles. The van der Waals surface area contributed by atoms with Crippen molar-refractivity contribution in [1.82, 2.24) is 9.36 Å². The number of ether oxygens (including phenoxy) is 2. The summed E-state index contributed by atoms with van der Waals surface area (Å²) in [7, 11) is 0. The Kier molecular flexibility index (Phi) is 3.87. The molecule has 3 heterocycles. The van der Waals surface area contributed by atoms with Gasteiger partial charge < -0.3 is 14.4 Å². The van der Waals surface area contributed by atoms with Gasteiger partial charge in [0.2, 0.25) is 5.13 Å². The molecule has 1 unspecified atom stereocenters. The molecule has 2 aliphatic heterocycles. The molecule has 1 fully saturated rings. The van der Waals surface area contributed by atoms with E-state index in [2.05, 4.69) is 42.2 Å². The zero-order chi connectivity index (χ0) is 16.7. The Morgan fingerprint density at radius 3 is 2.83 bits per heavy atom. The summed E-state index contributed by atoms with van der Waals surface area (Å²) in [5, 5.41) is 1.01. The lowest BCUT2D eigenvalue weighted by Crippen LogP contribution is -2.25. The van der Waals surface area contributed by atoms with E-state index in [-0.39, 0.29) is 11.5 Å². The molecule has 5 nitrogen and oxygen atoms in total. The quantitative estimate of drug-likeness (QED) is 0.825. The number of para-hydroxylation sites is 1. The number of benzene rings is 1. The van der Waals surface area contributed by atoms with E-state index in [4.69, 9.17) is 14.5 Å². The van der Waals surface area contributed by atoms with Gasteiger partial charge in [-0.2, -0.15) is 4.37 Å². The second-order valence-electron chi connectivity index (χ2n) is 7.37. The molecule has 128 valence electrons. The molecule has 4 rings (SSSR count). The molecule has 1 aromatic heterocycles. The molecule has 0 aliphatic carbocycles. The first-order valence-electron chi connectivity index (χ1n) is 8.53. The van der Waals surface area contributed by atoms with E-state index >= 15 is 0 Å². The molecule has 2 aromatic rings. The van der Waals surface area contributed by atoms with Crippen molar-refractivity contribution in [3.63, 3.8) is 0 Å². The van der Waals surface area contributed by atoms with Crippen molar-refractivity contribution in [3.05, 3.63) is 29.6 Å². The standard InChI is InChI=1S/C18H23N3O2S/c1-18(2,3)16-19-17(24-20-16)21-9-5-7-13(21)12-6-4-8-14-15(12)23-11-10-22-14/h4,6,8,13H,5,7,9-11H2,1-3H3. The average molecular weight is 345 g/mol. The van der Waals surface area contributed by atoms with Crippen LogP contribution in [0.5, 0.6) is 11.5 Å². The maximum absolute atomic E-state index is 5.93. The predicted molar refractivity (Wildman–Crippen MR) is 95.4 cm³/mol. The summed E-state index contributed by atoms with van der Waals surface area (Å²) < 4.78 is 16.3. The predicted octanol–water partition coefficient (Wildman–Crippen LogP) is 3.95. The van der Waals surface area contributed by atoms with Crippen molar-refractivity contribution in [1.29, 1.82) is 0 Å². The van der Waals surface area contributed by atoms with Gasteiger partial charge in [-0.15, -0.1) is 0 Å². The van der Waals surface area contributed by atoms with Crippen molar-refractivity contribution >= 4 is 16.7 Å². The minimum atomic E-state index is -0.0210. The van der Waals surface area contributed by atoms with E-state index in [1.54, 1.807) is 0 Å². The topological polar surface area (TPSA) is 47.5 Å². The number of hydrogen-bond donors (Lipinski definition) is 0. The van der Waals surface area contributed by atoms with Crippen LogP contribution >= 0.6 is 11.5 Å². The minimum Gasteiger partial charge on any atom is -0.486 e. The van der Waals surface area contributed by atoms with Crippen molar-refractivity contribution in [3.8, 4) is 11.5 Å². The van der Waals surface area contributed by atoms with Gasteiger partial charge in [0.05, 0.1) is 6.04 Å². The fourth-order valence-corrected chi connectivity index (χ4v) is 4.25. The zero-order valence-electron chi connectivity index (χ0n) is 14.4. The van der Waals surface area contributed by atoms with Crippen LogP contribution in [0.1, 0.15) is 51.0 Å². The van der Waals surface area contributed by atoms with Gasteiger partial charge in [0.1, 0.15) is 19.0 Å². The Labute approximate surface area is 146 Å². The first kappa shape index (κ1) is 15.7. The van der Waals surface area contributed by atoms with Gasteiger partial charge in [-0.1, -0.05) is 32.9 Å². The normalized spacial score (nSPS) is 20.5. The molecule has 24 heavy (non-hydrogen) atoms. The molecule has 0 N–H and O–H groups in total. The Morgan fingerprint density at radius 1 is 1.21 bits per heavy atom. The highest BCUT2D eigenvalue weighted by molar-refractivity contribution is 7.09. The SMILES string of the molecule is CC(C)(C)c1nsc(N2CCCC2c2cccc3c2OCCO3)n1. The lowest BCUT2D eigenvalue weighted by Gasteiger charge is -2.28. The maximum Gasteiger partial charge on any atom is 0.205 e. The number of fused-ring (bicyclic) bond motifs is 1. The van der Waals surface area contributed by atoms with Crippen LogP contribution in [0, 0.1) is 0 Å². The maximum atomic E-state index is 5.93. The van der Waals surface area contributed by atoms with Crippen molar-refractivity contribution in [2.24, 2.45) is 0 Å². The molecule has 6 heteroatoms. The fourth-order valence-electron chi connectivity index (χ4n) is 3.31. The van der Waals surface area contributed by atoms with Crippen LogP contribution in [0.3, 0.4) is 0 Å². The lowest BCUT2D eigenvalue weighted by molar-refractivity contribution is 0.169. The third kappa shape index (κ3) is 2.73. The van der Waals surface area contributed by atoms with Crippen LogP contribution in [0.4, 0.5) is 5.13 Å². The molecule has 0 radical (unpaired) electrons. The highest BCUT2D eigenvalue weighted by Gasteiger charge is 2.33. The molecule has 2 aliphatic rings. The van der Waals surface area contributed by atoms with E-state index in [0.29, 0.717) is 13.2 Å². The summed E-state index contributed by atoms with van der Waals surface area (Å²) in [6, 6.07) is 6.48. The van der Waals surface area contributed by atoms with Gasteiger partial charge in [0.25, 0.3) is 0 Å². The van der Waals surface area contributed by atoms with Gasteiger partial charge in [0, 0.05) is 29.1 Å². The Morgan fingerprint density at radius 2 is 2.04 bits per heavy atom. The first-order valence-corrected chi connectivity index (χ1v) is 9.31. The van der Waals surface area contributed by atoms with E-state index in [1.807, 2.05) is 6.07 Å². The van der Waals surface area contributed by atoms with Crippen LogP contribution in [-0.4, -0.2) is 29.1 Å². The van der Waals surface area contributed by atoms with E-state index in [0.717, 1.165) is 41.8 Å². The van der Waals surface area contributed by atoms with Crippen LogP contribution in [-0.2, 0) is 5.41 Å². The number of rotatable bonds is 2. The number of nitrogens with zero attached hydrogens (tertiary/aromatic N) is 3. The molecule has 1 atom stereocenters. The van der Waals surface area contributed by atoms with E-state index < -0.39 is 0 Å². The largest absolute Gasteiger partial charge is 0.486 e. The molecule has 1 saturated heterocycles. The average Bonchev–Trinajstić information content (AvgIpc) is 3.22. The first-order chi connectivity index (χ1) is 11.5. The van der Waals surface area contributed by atoms with Gasteiger partial charge in [-0.25, -0.2) is 4.98 Å². The Balaban J connectivity index is 1.68. The van der Waals surface area contributed by atoms with Crippen molar-refractivity contribution in [2.45, 2.75) is 45.1 Å². The smallest absolute Gasteiger partial charge is 0.205 e. The third-order valence-electron chi connectivity index (χ3n) is 4.54. The van der Waals surface area contributed by atoms with Gasteiger partial charge in [-0.05, 0) is 18.9 Å². The number of anilines is 1. The highest BCUT2D eigenvalue weighted by Crippen LogP contribution is 2.44. The zero-order valence-corrected chi connectivity index (χ0v) is 15.2. The summed E-state index contributed by atoms with van der Waals surface area (Å²) >= 11 is 1.50.